The molecule has 1 aliphatic heterocycles. The molecule has 5 heteroatoms. The average molecular weight is 358 g/mol. The van der Waals surface area contributed by atoms with E-state index in [1.165, 1.54) is 5.56 Å². The van der Waals surface area contributed by atoms with Crippen molar-refractivity contribution in [1.82, 2.24) is 9.80 Å². The third kappa shape index (κ3) is 5.85. The molecule has 1 fully saturated rings. The van der Waals surface area contributed by atoms with Gasteiger partial charge in [-0.15, -0.1) is 0 Å². The number of hydrogen-bond acceptors (Lipinski definition) is 3. The number of anilines is 1. The zero-order valence-electron chi connectivity index (χ0n) is 14.3. The van der Waals surface area contributed by atoms with E-state index in [-0.39, 0.29) is 5.91 Å². The van der Waals surface area contributed by atoms with Crippen molar-refractivity contribution in [1.29, 1.82) is 0 Å². The van der Waals surface area contributed by atoms with Crippen molar-refractivity contribution < 1.29 is 4.79 Å². The first-order valence-electron chi connectivity index (χ1n) is 8.73. The van der Waals surface area contributed by atoms with Crippen molar-refractivity contribution in [2.24, 2.45) is 0 Å². The Labute approximate surface area is 154 Å². The summed E-state index contributed by atoms with van der Waals surface area (Å²) in [7, 11) is 0. The summed E-state index contributed by atoms with van der Waals surface area (Å²) >= 11 is 5.86. The zero-order valence-corrected chi connectivity index (χ0v) is 15.1. The maximum absolute atomic E-state index is 12.2. The van der Waals surface area contributed by atoms with Gasteiger partial charge in [0.05, 0.1) is 6.54 Å². The molecule has 0 spiro atoms. The summed E-state index contributed by atoms with van der Waals surface area (Å²) < 4.78 is 0. The van der Waals surface area contributed by atoms with Crippen molar-refractivity contribution in [2.75, 3.05) is 44.6 Å². The lowest BCUT2D eigenvalue weighted by molar-refractivity contribution is -0.117. The highest BCUT2D eigenvalue weighted by Crippen LogP contribution is 2.13. The Hall–Kier alpha value is -1.88. The van der Waals surface area contributed by atoms with Crippen LogP contribution in [-0.2, 0) is 11.2 Å². The van der Waals surface area contributed by atoms with Crippen LogP contribution in [0.3, 0.4) is 0 Å². The van der Waals surface area contributed by atoms with E-state index in [0.29, 0.717) is 11.6 Å². The molecule has 0 saturated carbocycles. The molecule has 132 valence electrons. The number of carbonyl (C=O) groups is 1. The number of nitrogens with zero attached hydrogens (tertiary/aromatic N) is 2. The molecule has 3 rings (SSSR count). The largest absolute Gasteiger partial charge is 0.325 e. The van der Waals surface area contributed by atoms with Crippen LogP contribution >= 0.6 is 11.6 Å². The van der Waals surface area contributed by atoms with Crippen LogP contribution in [0.25, 0.3) is 0 Å². The van der Waals surface area contributed by atoms with E-state index in [1.807, 2.05) is 12.1 Å². The highest BCUT2D eigenvalue weighted by atomic mass is 35.5. The summed E-state index contributed by atoms with van der Waals surface area (Å²) in [6.45, 7) is 5.41. The molecule has 2 aromatic rings. The highest BCUT2D eigenvalue weighted by molar-refractivity contribution is 6.30. The molecular formula is C20H24ClN3O. The van der Waals surface area contributed by atoms with Gasteiger partial charge in [-0.25, -0.2) is 0 Å². The predicted molar refractivity (Wildman–Crippen MR) is 103 cm³/mol. The lowest BCUT2D eigenvalue weighted by Gasteiger charge is -2.34. The number of benzene rings is 2. The van der Waals surface area contributed by atoms with Crippen LogP contribution in [0.2, 0.25) is 5.02 Å². The average Bonchev–Trinajstić information content (AvgIpc) is 2.64. The van der Waals surface area contributed by atoms with E-state index in [4.69, 9.17) is 11.6 Å². The Balaban J connectivity index is 1.37. The molecule has 0 aliphatic carbocycles. The van der Waals surface area contributed by atoms with E-state index >= 15 is 0 Å². The molecular weight excluding hydrogens is 334 g/mol. The summed E-state index contributed by atoms with van der Waals surface area (Å²) in [6.07, 6.45) is 1.08. The first kappa shape index (κ1) is 17.9. The van der Waals surface area contributed by atoms with Crippen molar-refractivity contribution in [3.05, 3.63) is 65.2 Å². The van der Waals surface area contributed by atoms with Crippen molar-refractivity contribution >= 4 is 23.2 Å². The topological polar surface area (TPSA) is 35.6 Å². The van der Waals surface area contributed by atoms with E-state index < -0.39 is 0 Å². The summed E-state index contributed by atoms with van der Waals surface area (Å²) in [5, 5.41) is 3.59. The molecule has 25 heavy (non-hydrogen) atoms. The second kappa shape index (κ2) is 8.99. The summed E-state index contributed by atoms with van der Waals surface area (Å²) in [6, 6.07) is 17.8. The molecule has 1 aliphatic rings. The minimum Gasteiger partial charge on any atom is -0.325 e. The van der Waals surface area contributed by atoms with Crippen LogP contribution in [0.5, 0.6) is 0 Å². The van der Waals surface area contributed by atoms with Crippen molar-refractivity contribution in [3.8, 4) is 0 Å². The lowest BCUT2D eigenvalue weighted by atomic mass is 10.1. The van der Waals surface area contributed by atoms with Crippen LogP contribution in [0.1, 0.15) is 5.56 Å². The van der Waals surface area contributed by atoms with Crippen LogP contribution < -0.4 is 5.32 Å². The van der Waals surface area contributed by atoms with Gasteiger partial charge in [0.2, 0.25) is 5.91 Å². The quantitative estimate of drug-likeness (QED) is 0.862. The normalized spacial score (nSPS) is 15.9. The van der Waals surface area contributed by atoms with Crippen molar-refractivity contribution in [2.45, 2.75) is 6.42 Å². The maximum atomic E-state index is 12.2. The Morgan fingerprint density at radius 3 is 2.24 bits per heavy atom. The third-order valence-corrected chi connectivity index (χ3v) is 4.77. The van der Waals surface area contributed by atoms with Gasteiger partial charge in [0.15, 0.2) is 0 Å². The number of rotatable bonds is 6. The lowest BCUT2D eigenvalue weighted by Crippen LogP contribution is -2.49. The third-order valence-electron chi connectivity index (χ3n) is 4.52. The van der Waals surface area contributed by atoms with Gasteiger partial charge >= 0.3 is 0 Å². The number of piperazine rings is 1. The summed E-state index contributed by atoms with van der Waals surface area (Å²) in [4.78, 5) is 16.8. The zero-order chi connectivity index (χ0) is 17.5. The van der Waals surface area contributed by atoms with Gasteiger partial charge in [-0.05, 0) is 36.2 Å². The predicted octanol–water partition coefficient (Wildman–Crippen LogP) is 3.14. The smallest absolute Gasteiger partial charge is 0.238 e. The number of carbonyl (C=O) groups excluding carboxylic acids is 1. The van der Waals surface area contributed by atoms with E-state index in [2.05, 4.69) is 45.4 Å². The van der Waals surface area contributed by atoms with E-state index in [1.54, 1.807) is 12.1 Å². The molecule has 1 amide bonds. The Morgan fingerprint density at radius 1 is 0.920 bits per heavy atom. The van der Waals surface area contributed by atoms with Gasteiger partial charge in [-0.3, -0.25) is 9.69 Å². The van der Waals surface area contributed by atoms with Crippen LogP contribution in [-0.4, -0.2) is 55.0 Å². The fourth-order valence-corrected chi connectivity index (χ4v) is 3.17. The molecule has 0 bridgehead atoms. The second-order valence-electron chi connectivity index (χ2n) is 6.41. The monoisotopic (exact) mass is 357 g/mol. The van der Waals surface area contributed by atoms with Crippen molar-refractivity contribution in [3.63, 3.8) is 0 Å². The Bertz CT molecular complexity index is 667. The Morgan fingerprint density at radius 2 is 1.56 bits per heavy atom. The van der Waals surface area contributed by atoms with Gasteiger partial charge in [0, 0.05) is 43.4 Å². The molecule has 0 atom stereocenters. The highest BCUT2D eigenvalue weighted by Gasteiger charge is 2.18. The standard InChI is InChI=1S/C20H24ClN3O/c21-18-6-8-19(9-7-18)22-20(25)16-24-14-12-23(13-15-24)11-10-17-4-2-1-3-5-17/h1-9H,10-16H2,(H,22,25). The molecule has 2 aromatic carbocycles. The van der Waals surface area contributed by atoms with Gasteiger partial charge in [-0.2, -0.15) is 0 Å². The molecule has 4 nitrogen and oxygen atoms in total. The molecule has 0 radical (unpaired) electrons. The fraction of sp³-hybridized carbons (Fsp3) is 0.350. The molecule has 0 unspecified atom stereocenters. The van der Waals surface area contributed by atoms with E-state index in [9.17, 15) is 4.79 Å². The minimum absolute atomic E-state index is 0.0278. The number of nitrogens with one attached hydrogen (secondary N) is 1. The van der Waals surface area contributed by atoms with Crippen LogP contribution in [0.4, 0.5) is 5.69 Å². The number of amides is 1. The van der Waals surface area contributed by atoms with Crippen LogP contribution in [0, 0.1) is 0 Å². The molecule has 0 aromatic heterocycles. The number of hydrogen-bond donors (Lipinski definition) is 1. The minimum atomic E-state index is 0.0278. The first-order valence-corrected chi connectivity index (χ1v) is 9.11. The van der Waals surface area contributed by atoms with Gasteiger partial charge in [0.1, 0.15) is 0 Å². The molecule has 1 saturated heterocycles. The Kier molecular flexibility index (Phi) is 6.45. The second-order valence-corrected chi connectivity index (χ2v) is 6.84. The SMILES string of the molecule is O=C(CN1CCN(CCc2ccccc2)CC1)Nc1ccc(Cl)cc1. The van der Waals surface area contributed by atoms with Gasteiger partial charge in [-0.1, -0.05) is 41.9 Å². The summed E-state index contributed by atoms with van der Waals surface area (Å²) in [5.41, 5.74) is 2.17. The summed E-state index contributed by atoms with van der Waals surface area (Å²) in [5.74, 6) is 0.0278. The van der Waals surface area contributed by atoms with E-state index in [0.717, 1.165) is 44.8 Å². The first-order chi connectivity index (χ1) is 12.2. The maximum Gasteiger partial charge on any atom is 0.238 e. The number of halogens is 1. The van der Waals surface area contributed by atoms with Gasteiger partial charge < -0.3 is 10.2 Å². The van der Waals surface area contributed by atoms with Crippen LogP contribution in [0.15, 0.2) is 54.6 Å². The molecule has 1 N–H and O–H groups in total. The molecule has 1 heterocycles. The van der Waals surface area contributed by atoms with Gasteiger partial charge in [0.25, 0.3) is 0 Å². The fourth-order valence-electron chi connectivity index (χ4n) is 3.04.